The Kier molecular flexibility index (Phi) is 2.52. The maximum atomic E-state index is 9.25. The number of aliphatic hydroxyl groups excluding tert-OH is 1. The van der Waals surface area contributed by atoms with Gasteiger partial charge in [-0.3, -0.25) is 0 Å². The largest absolute Gasteiger partial charge is 0.454 e. The average Bonchev–Trinajstić information content (AvgIpc) is 2.57. The van der Waals surface area contributed by atoms with Crippen molar-refractivity contribution in [1.82, 2.24) is 0 Å². The monoisotopic (exact) mass is 214 g/mol. The molecular formula is C10H11ClO3. The lowest BCUT2D eigenvalue weighted by Gasteiger charge is -2.08. The lowest BCUT2D eigenvalue weighted by atomic mass is 10.1. The van der Waals surface area contributed by atoms with Crippen LogP contribution < -0.4 is 9.47 Å². The van der Waals surface area contributed by atoms with Crippen molar-refractivity contribution in [3.05, 3.63) is 22.7 Å². The molecule has 14 heavy (non-hydrogen) atoms. The molecule has 4 heteroatoms. The van der Waals surface area contributed by atoms with E-state index >= 15 is 0 Å². The number of hydrogen-bond donors (Lipinski definition) is 1. The molecule has 1 aromatic rings. The van der Waals surface area contributed by atoms with Crippen molar-refractivity contribution < 1.29 is 14.6 Å². The second kappa shape index (κ2) is 3.67. The van der Waals surface area contributed by atoms with E-state index in [4.69, 9.17) is 21.1 Å². The molecule has 0 radical (unpaired) electrons. The van der Waals surface area contributed by atoms with Gasteiger partial charge in [0.2, 0.25) is 6.79 Å². The average molecular weight is 215 g/mol. The minimum Gasteiger partial charge on any atom is -0.454 e. The topological polar surface area (TPSA) is 38.7 Å². The second-order valence-electron chi connectivity index (χ2n) is 3.33. The third kappa shape index (κ3) is 1.65. The van der Waals surface area contributed by atoms with Gasteiger partial charge in [0, 0.05) is 0 Å². The van der Waals surface area contributed by atoms with Gasteiger partial charge < -0.3 is 14.6 Å². The molecule has 0 spiro atoms. The summed E-state index contributed by atoms with van der Waals surface area (Å²) in [5.41, 5.74) is 0.880. The summed E-state index contributed by atoms with van der Waals surface area (Å²) in [5.74, 6) is 1.26. The maximum Gasteiger partial charge on any atom is 0.231 e. The van der Waals surface area contributed by atoms with Crippen molar-refractivity contribution in [3.63, 3.8) is 0 Å². The van der Waals surface area contributed by atoms with Gasteiger partial charge in [-0.2, -0.15) is 0 Å². The van der Waals surface area contributed by atoms with E-state index in [1.54, 1.807) is 6.92 Å². The molecule has 1 aromatic carbocycles. The molecule has 2 rings (SSSR count). The highest BCUT2D eigenvalue weighted by atomic mass is 35.5. The van der Waals surface area contributed by atoms with Crippen LogP contribution in [0.5, 0.6) is 11.5 Å². The third-order valence-electron chi connectivity index (χ3n) is 2.07. The van der Waals surface area contributed by atoms with Crippen LogP contribution >= 0.6 is 11.6 Å². The van der Waals surface area contributed by atoms with Crippen molar-refractivity contribution in [2.45, 2.75) is 19.4 Å². The van der Waals surface area contributed by atoms with E-state index in [-0.39, 0.29) is 6.79 Å². The highest BCUT2D eigenvalue weighted by Crippen LogP contribution is 2.41. The van der Waals surface area contributed by atoms with Crippen LogP contribution in [0.25, 0.3) is 0 Å². The third-order valence-corrected chi connectivity index (χ3v) is 2.49. The predicted molar refractivity (Wildman–Crippen MR) is 53.0 cm³/mol. The molecule has 1 aliphatic rings. The van der Waals surface area contributed by atoms with Gasteiger partial charge in [0.05, 0.1) is 11.1 Å². The van der Waals surface area contributed by atoms with Gasteiger partial charge in [0.1, 0.15) is 0 Å². The van der Waals surface area contributed by atoms with Gasteiger partial charge in [-0.1, -0.05) is 17.7 Å². The highest BCUT2D eigenvalue weighted by molar-refractivity contribution is 6.33. The molecule has 0 fully saturated rings. The van der Waals surface area contributed by atoms with Gasteiger partial charge in [-0.15, -0.1) is 0 Å². The number of fused-ring (bicyclic) bond motifs is 1. The van der Waals surface area contributed by atoms with E-state index in [0.29, 0.717) is 22.9 Å². The summed E-state index contributed by atoms with van der Waals surface area (Å²) < 4.78 is 10.4. The maximum absolute atomic E-state index is 9.25. The number of halogens is 1. The fraction of sp³-hybridized carbons (Fsp3) is 0.400. The molecule has 1 atom stereocenters. The summed E-state index contributed by atoms with van der Waals surface area (Å²) in [4.78, 5) is 0. The lowest BCUT2D eigenvalue weighted by molar-refractivity contribution is 0.174. The van der Waals surface area contributed by atoms with Gasteiger partial charge in [0.15, 0.2) is 11.5 Å². The first kappa shape index (κ1) is 9.62. The lowest BCUT2D eigenvalue weighted by Crippen LogP contribution is -2.04. The van der Waals surface area contributed by atoms with Crippen molar-refractivity contribution in [1.29, 1.82) is 0 Å². The zero-order valence-corrected chi connectivity index (χ0v) is 8.54. The van der Waals surface area contributed by atoms with E-state index in [1.807, 2.05) is 12.1 Å². The predicted octanol–water partition coefficient (Wildman–Crippen LogP) is 1.99. The summed E-state index contributed by atoms with van der Waals surface area (Å²) >= 11 is 6.08. The number of benzene rings is 1. The van der Waals surface area contributed by atoms with Crippen molar-refractivity contribution in [2.24, 2.45) is 0 Å². The first-order chi connectivity index (χ1) is 6.68. The molecule has 0 aromatic heterocycles. The summed E-state index contributed by atoms with van der Waals surface area (Å²) in [5, 5.41) is 9.79. The molecule has 76 valence electrons. The molecule has 1 N–H and O–H groups in total. The van der Waals surface area contributed by atoms with Crippen LogP contribution in [0.4, 0.5) is 0 Å². The smallest absolute Gasteiger partial charge is 0.231 e. The molecule has 0 bridgehead atoms. The van der Waals surface area contributed by atoms with Crippen LogP contribution in [0.1, 0.15) is 12.5 Å². The summed E-state index contributed by atoms with van der Waals surface area (Å²) in [6, 6.07) is 3.66. The Morgan fingerprint density at radius 1 is 1.50 bits per heavy atom. The van der Waals surface area contributed by atoms with Crippen molar-refractivity contribution >= 4 is 11.6 Å². The molecule has 0 aliphatic carbocycles. The van der Waals surface area contributed by atoms with E-state index in [0.717, 1.165) is 5.56 Å². The van der Waals surface area contributed by atoms with E-state index < -0.39 is 6.10 Å². The van der Waals surface area contributed by atoms with Gasteiger partial charge in [-0.05, 0) is 25.0 Å². The Balaban J connectivity index is 2.35. The molecule has 0 saturated carbocycles. The first-order valence-corrected chi connectivity index (χ1v) is 4.81. The molecule has 0 amide bonds. The second-order valence-corrected chi connectivity index (χ2v) is 3.70. The fourth-order valence-electron chi connectivity index (χ4n) is 1.46. The number of aliphatic hydroxyl groups is 1. The van der Waals surface area contributed by atoms with Crippen molar-refractivity contribution in [3.8, 4) is 11.5 Å². The fourth-order valence-corrected chi connectivity index (χ4v) is 1.74. The van der Waals surface area contributed by atoms with Crippen LogP contribution in [0, 0.1) is 0 Å². The Bertz CT molecular complexity index is 349. The Morgan fingerprint density at radius 3 is 3.00 bits per heavy atom. The number of hydrogen-bond acceptors (Lipinski definition) is 3. The Hall–Kier alpha value is -0.930. The van der Waals surface area contributed by atoms with E-state index in [9.17, 15) is 5.11 Å². The van der Waals surface area contributed by atoms with Crippen LogP contribution in [0.2, 0.25) is 5.02 Å². The molecule has 1 unspecified atom stereocenters. The number of rotatable bonds is 2. The molecule has 0 saturated heterocycles. The summed E-state index contributed by atoms with van der Waals surface area (Å²) in [6.45, 7) is 1.94. The Morgan fingerprint density at radius 2 is 2.29 bits per heavy atom. The minimum absolute atomic E-state index is 0.215. The van der Waals surface area contributed by atoms with Crippen LogP contribution in [0.15, 0.2) is 12.1 Å². The zero-order chi connectivity index (χ0) is 10.1. The Labute approximate surface area is 87.2 Å². The molecule has 1 heterocycles. The summed E-state index contributed by atoms with van der Waals surface area (Å²) in [7, 11) is 0. The number of ether oxygens (including phenoxy) is 2. The van der Waals surface area contributed by atoms with Crippen LogP contribution in [-0.4, -0.2) is 18.0 Å². The van der Waals surface area contributed by atoms with Crippen LogP contribution in [-0.2, 0) is 6.42 Å². The summed E-state index contributed by atoms with van der Waals surface area (Å²) in [6.07, 6.45) is 0.114. The minimum atomic E-state index is -0.409. The quantitative estimate of drug-likeness (QED) is 0.819. The van der Waals surface area contributed by atoms with E-state index in [2.05, 4.69) is 0 Å². The SMILES string of the molecule is CC(O)Cc1ccc2c(c1Cl)OCO2. The standard InChI is InChI=1S/C10H11ClO3/c1-6(12)4-7-2-3-8-10(9(7)11)14-5-13-8/h2-3,6,12H,4-5H2,1H3. The van der Waals surface area contributed by atoms with Crippen LogP contribution in [0.3, 0.4) is 0 Å². The first-order valence-electron chi connectivity index (χ1n) is 4.43. The van der Waals surface area contributed by atoms with Crippen molar-refractivity contribution in [2.75, 3.05) is 6.79 Å². The van der Waals surface area contributed by atoms with E-state index in [1.165, 1.54) is 0 Å². The zero-order valence-electron chi connectivity index (χ0n) is 7.79. The van der Waals surface area contributed by atoms with Gasteiger partial charge >= 0.3 is 0 Å². The molecule has 3 nitrogen and oxygen atoms in total. The normalized spacial score (nSPS) is 15.6. The highest BCUT2D eigenvalue weighted by Gasteiger charge is 2.19. The molecular weight excluding hydrogens is 204 g/mol. The van der Waals surface area contributed by atoms with Gasteiger partial charge in [0.25, 0.3) is 0 Å². The molecule has 1 aliphatic heterocycles. The van der Waals surface area contributed by atoms with Gasteiger partial charge in [-0.25, -0.2) is 0 Å².